The van der Waals surface area contributed by atoms with E-state index in [2.05, 4.69) is 121 Å². The number of ether oxygens (including phenoxy) is 1. The second-order valence-electron chi connectivity index (χ2n) is 11.2. The molecule has 0 N–H and O–H groups in total. The summed E-state index contributed by atoms with van der Waals surface area (Å²) in [6, 6.07) is 51.6. The first kappa shape index (κ1) is 23.8. The zero-order valence-corrected chi connectivity index (χ0v) is 23.1. The van der Waals surface area contributed by atoms with Crippen LogP contribution in [0.25, 0.3) is 76.5 Å². The van der Waals surface area contributed by atoms with Crippen molar-refractivity contribution in [1.29, 1.82) is 5.26 Å². The molecule has 0 unspecified atom stereocenters. The van der Waals surface area contributed by atoms with Gasteiger partial charge in [0.15, 0.2) is 0 Å². The van der Waals surface area contributed by atoms with E-state index in [1.807, 2.05) is 24.3 Å². The Morgan fingerprint density at radius 3 is 1.72 bits per heavy atom. The molecule has 0 spiro atoms. The molecule has 2 nitrogen and oxygen atoms in total. The highest BCUT2D eigenvalue weighted by atomic mass is 16.5. The largest absolute Gasteiger partial charge is 0.456 e. The molecule has 43 heavy (non-hydrogen) atoms. The lowest BCUT2D eigenvalue weighted by molar-refractivity contribution is 0.487. The predicted octanol–water partition coefficient (Wildman–Crippen LogP) is 11.3. The van der Waals surface area contributed by atoms with Gasteiger partial charge >= 0.3 is 0 Å². The summed E-state index contributed by atoms with van der Waals surface area (Å²) >= 11 is 0. The van der Waals surface area contributed by atoms with Gasteiger partial charge in [-0.25, -0.2) is 0 Å². The van der Waals surface area contributed by atoms with Crippen molar-refractivity contribution in [2.75, 3.05) is 0 Å². The van der Waals surface area contributed by atoms with Crippen LogP contribution in [0.15, 0.2) is 140 Å². The Labute approximate surface area is 248 Å². The second kappa shape index (κ2) is 9.05. The Morgan fingerprint density at radius 1 is 0.395 bits per heavy atom. The van der Waals surface area contributed by atoms with Gasteiger partial charge in [-0.3, -0.25) is 0 Å². The molecule has 1 aliphatic rings. The van der Waals surface area contributed by atoms with Crippen molar-refractivity contribution in [3.63, 3.8) is 0 Å². The summed E-state index contributed by atoms with van der Waals surface area (Å²) in [4.78, 5) is 0. The van der Waals surface area contributed by atoms with Gasteiger partial charge in [-0.15, -0.1) is 0 Å². The first-order valence-electron chi connectivity index (χ1n) is 14.5. The number of hydrogen-bond donors (Lipinski definition) is 0. The van der Waals surface area contributed by atoms with Gasteiger partial charge in [-0.05, 0) is 96.5 Å². The van der Waals surface area contributed by atoms with E-state index < -0.39 is 0 Å². The molecule has 0 saturated heterocycles. The highest BCUT2D eigenvalue weighted by Crippen LogP contribution is 2.49. The van der Waals surface area contributed by atoms with E-state index in [1.54, 1.807) is 0 Å². The second-order valence-corrected chi connectivity index (χ2v) is 11.2. The predicted molar refractivity (Wildman–Crippen MR) is 178 cm³/mol. The van der Waals surface area contributed by atoms with Crippen molar-refractivity contribution in [1.82, 2.24) is 0 Å². The molecule has 8 aromatic rings. The van der Waals surface area contributed by atoms with Gasteiger partial charge in [0.1, 0.15) is 11.5 Å². The van der Waals surface area contributed by atoms with Crippen LogP contribution < -0.4 is 4.74 Å². The summed E-state index contributed by atoms with van der Waals surface area (Å²) in [5.74, 6) is 1.62. The van der Waals surface area contributed by atoms with E-state index in [0.717, 1.165) is 39.0 Å². The molecule has 198 valence electrons. The van der Waals surface area contributed by atoms with Gasteiger partial charge in [0.2, 0.25) is 0 Å². The number of rotatable bonds is 2. The first-order chi connectivity index (χ1) is 21.3. The maximum atomic E-state index is 9.68. The van der Waals surface area contributed by atoms with E-state index in [1.165, 1.54) is 49.0 Å². The van der Waals surface area contributed by atoms with Crippen molar-refractivity contribution in [2.24, 2.45) is 0 Å². The average Bonchev–Trinajstić information content (AvgIpc) is 3.08. The van der Waals surface area contributed by atoms with E-state index in [-0.39, 0.29) is 0 Å². The zero-order valence-electron chi connectivity index (χ0n) is 23.1. The maximum Gasteiger partial charge on any atom is 0.136 e. The minimum atomic E-state index is 0.662. The summed E-state index contributed by atoms with van der Waals surface area (Å²) in [6.07, 6.45) is 0. The molecule has 0 fully saturated rings. The summed E-state index contributed by atoms with van der Waals surface area (Å²) in [5, 5.41) is 19.0. The van der Waals surface area contributed by atoms with Crippen LogP contribution in [0.1, 0.15) is 5.56 Å². The molecule has 1 aliphatic heterocycles. The zero-order chi connectivity index (χ0) is 28.5. The number of nitrogens with zero attached hydrogens (tertiary/aromatic N) is 1. The molecule has 0 aliphatic carbocycles. The van der Waals surface area contributed by atoms with Gasteiger partial charge in [0.05, 0.1) is 11.6 Å². The summed E-state index contributed by atoms with van der Waals surface area (Å²) in [7, 11) is 0. The van der Waals surface area contributed by atoms with Gasteiger partial charge in [0.25, 0.3) is 0 Å². The van der Waals surface area contributed by atoms with Crippen LogP contribution in [0.4, 0.5) is 0 Å². The van der Waals surface area contributed by atoms with E-state index in [0.29, 0.717) is 5.56 Å². The minimum absolute atomic E-state index is 0.662. The maximum absolute atomic E-state index is 9.68. The summed E-state index contributed by atoms with van der Waals surface area (Å²) in [6.45, 7) is 0. The van der Waals surface area contributed by atoms with Crippen molar-refractivity contribution in [3.05, 3.63) is 145 Å². The van der Waals surface area contributed by atoms with Gasteiger partial charge in [-0.1, -0.05) is 103 Å². The molecule has 2 heteroatoms. The lowest BCUT2D eigenvalue weighted by atomic mass is 9.87. The third-order valence-corrected chi connectivity index (χ3v) is 8.89. The smallest absolute Gasteiger partial charge is 0.136 e. The first-order valence-corrected chi connectivity index (χ1v) is 14.5. The van der Waals surface area contributed by atoms with Crippen molar-refractivity contribution in [3.8, 4) is 50.9 Å². The van der Waals surface area contributed by atoms with Crippen LogP contribution in [-0.2, 0) is 0 Å². The Balaban J connectivity index is 1.31. The molecule has 9 rings (SSSR count). The lowest BCUT2D eigenvalue weighted by Crippen LogP contribution is -1.98. The molecule has 0 atom stereocenters. The molecule has 0 bridgehead atoms. The fourth-order valence-electron chi connectivity index (χ4n) is 6.94. The van der Waals surface area contributed by atoms with Crippen LogP contribution in [0.2, 0.25) is 0 Å². The van der Waals surface area contributed by atoms with Gasteiger partial charge in [-0.2, -0.15) is 5.26 Å². The van der Waals surface area contributed by atoms with Crippen molar-refractivity contribution < 1.29 is 4.74 Å². The monoisotopic (exact) mass is 545 g/mol. The number of fused-ring (bicyclic) bond motifs is 7. The number of benzene rings is 8. The van der Waals surface area contributed by atoms with Crippen LogP contribution >= 0.6 is 0 Å². The normalized spacial score (nSPS) is 11.9. The molecule has 0 aromatic heterocycles. The molecule has 1 heterocycles. The molecular formula is C41H23NO. The Morgan fingerprint density at radius 2 is 1.02 bits per heavy atom. The Kier molecular flexibility index (Phi) is 5.00. The topological polar surface area (TPSA) is 33.0 Å². The quantitative estimate of drug-likeness (QED) is 0.202. The third-order valence-electron chi connectivity index (χ3n) is 8.89. The molecular weight excluding hydrogens is 522 g/mol. The highest BCUT2D eigenvalue weighted by Gasteiger charge is 2.22. The van der Waals surface area contributed by atoms with Crippen LogP contribution in [0.5, 0.6) is 11.5 Å². The fourth-order valence-corrected chi connectivity index (χ4v) is 6.94. The van der Waals surface area contributed by atoms with Crippen LogP contribution in [0.3, 0.4) is 0 Å². The van der Waals surface area contributed by atoms with Crippen LogP contribution in [0, 0.1) is 11.3 Å². The minimum Gasteiger partial charge on any atom is -0.456 e. The fraction of sp³-hybridized carbons (Fsp3) is 0. The van der Waals surface area contributed by atoms with Gasteiger partial charge in [0, 0.05) is 16.3 Å². The lowest BCUT2D eigenvalue weighted by Gasteiger charge is -2.23. The molecule has 0 radical (unpaired) electrons. The molecule has 0 amide bonds. The Bertz CT molecular complexity index is 2480. The SMILES string of the molecule is N#Cc1ccc2c3c(cccc13)-c1ccc(-c3cc4c5ccccc5c(-c5ccccc5)cc4c4ccccc34)cc1O2. The van der Waals surface area contributed by atoms with E-state index >= 15 is 0 Å². The third kappa shape index (κ3) is 3.46. The van der Waals surface area contributed by atoms with E-state index in [4.69, 9.17) is 4.74 Å². The van der Waals surface area contributed by atoms with Crippen LogP contribution in [-0.4, -0.2) is 0 Å². The summed E-state index contributed by atoms with van der Waals surface area (Å²) in [5.41, 5.74) is 7.55. The summed E-state index contributed by atoms with van der Waals surface area (Å²) < 4.78 is 6.54. The van der Waals surface area contributed by atoms with Gasteiger partial charge < -0.3 is 4.74 Å². The molecule has 0 saturated carbocycles. The van der Waals surface area contributed by atoms with Crippen molar-refractivity contribution >= 4 is 43.1 Å². The van der Waals surface area contributed by atoms with E-state index in [9.17, 15) is 5.26 Å². The van der Waals surface area contributed by atoms with Crippen molar-refractivity contribution in [2.45, 2.75) is 0 Å². The average molecular weight is 546 g/mol. The number of hydrogen-bond acceptors (Lipinski definition) is 2. The highest BCUT2D eigenvalue weighted by molar-refractivity contribution is 6.24. The Hall–Kier alpha value is -5.91. The molecule has 8 aromatic carbocycles. The standard InChI is InChI=1S/C41H23NO/c42-24-27-18-20-39-41-28(27)15-8-16-34(41)33-19-17-26(21-40(33)43-39)36-23-38-31-13-6-4-11-29(31)35(25-9-2-1-3-10-25)22-37(38)32-14-7-5-12-30(32)36/h1-23H. The number of nitriles is 1.